The van der Waals surface area contributed by atoms with Crippen LogP contribution >= 0.6 is 0 Å². The Labute approximate surface area is 174 Å². The van der Waals surface area contributed by atoms with Gasteiger partial charge < -0.3 is 10.1 Å². The van der Waals surface area contributed by atoms with Crippen LogP contribution in [0.2, 0.25) is 0 Å². The molecule has 6 nitrogen and oxygen atoms in total. The number of benzene rings is 2. The molecule has 1 heterocycles. The summed E-state index contributed by atoms with van der Waals surface area (Å²) in [5, 5.41) is 6.03. The molecule has 0 fully saturated rings. The summed E-state index contributed by atoms with van der Waals surface area (Å²) in [5.41, 5.74) is 2.42. The molecule has 2 aromatic carbocycles. The van der Waals surface area contributed by atoms with Crippen molar-refractivity contribution in [3.63, 3.8) is 0 Å². The molecular formula is C23H24FN3O3. The molecule has 0 aliphatic heterocycles. The SMILES string of the molecule is Cc1ccc2cc(C(=O)Nc3cc(F)ccc3NC(=O)OC(C)(C)C)c(C)nc2c1. The van der Waals surface area contributed by atoms with Crippen LogP contribution in [0.5, 0.6) is 0 Å². The Morgan fingerprint density at radius 3 is 2.40 bits per heavy atom. The Bertz CT molecular complexity index is 1140. The molecule has 30 heavy (non-hydrogen) atoms. The first-order chi connectivity index (χ1) is 14.0. The molecule has 0 aliphatic rings. The predicted octanol–water partition coefficient (Wildman–Crippen LogP) is 5.59. The highest BCUT2D eigenvalue weighted by Crippen LogP contribution is 2.25. The molecule has 0 saturated heterocycles. The standard InChI is InChI=1S/C23H24FN3O3/c1-13-6-7-15-11-17(14(2)25-19(15)10-13)21(28)26-20-12-16(24)8-9-18(20)27-22(29)30-23(3,4)5/h6-12H,1-5H3,(H,26,28)(H,27,29). The van der Waals surface area contributed by atoms with Gasteiger partial charge in [0.05, 0.1) is 28.1 Å². The summed E-state index contributed by atoms with van der Waals surface area (Å²) in [6, 6.07) is 11.2. The van der Waals surface area contributed by atoms with Crippen LogP contribution in [0.25, 0.3) is 10.9 Å². The van der Waals surface area contributed by atoms with Gasteiger partial charge in [-0.1, -0.05) is 12.1 Å². The quantitative estimate of drug-likeness (QED) is 0.591. The van der Waals surface area contributed by atoms with Crippen LogP contribution in [0.3, 0.4) is 0 Å². The van der Waals surface area contributed by atoms with Crippen LogP contribution in [-0.2, 0) is 4.74 Å². The lowest BCUT2D eigenvalue weighted by atomic mass is 10.1. The topological polar surface area (TPSA) is 80.3 Å². The van der Waals surface area contributed by atoms with E-state index in [1.54, 1.807) is 33.8 Å². The van der Waals surface area contributed by atoms with Gasteiger partial charge in [0, 0.05) is 5.39 Å². The van der Waals surface area contributed by atoms with Gasteiger partial charge in [0.1, 0.15) is 11.4 Å². The van der Waals surface area contributed by atoms with Gasteiger partial charge in [-0.3, -0.25) is 15.1 Å². The van der Waals surface area contributed by atoms with Gasteiger partial charge >= 0.3 is 6.09 Å². The molecule has 3 aromatic rings. The van der Waals surface area contributed by atoms with Crippen LogP contribution in [0.15, 0.2) is 42.5 Å². The van der Waals surface area contributed by atoms with Crippen LogP contribution in [0.4, 0.5) is 20.6 Å². The molecule has 0 saturated carbocycles. The van der Waals surface area contributed by atoms with Crippen molar-refractivity contribution in [2.75, 3.05) is 10.6 Å². The summed E-state index contributed by atoms with van der Waals surface area (Å²) in [6.07, 6.45) is -0.705. The Morgan fingerprint density at radius 2 is 1.70 bits per heavy atom. The molecule has 156 valence electrons. The molecule has 0 aliphatic carbocycles. The van der Waals surface area contributed by atoms with Gasteiger partial charge in [-0.05, 0) is 70.5 Å². The zero-order valence-corrected chi connectivity index (χ0v) is 17.6. The zero-order chi connectivity index (χ0) is 22.1. The first-order valence-electron chi connectivity index (χ1n) is 9.51. The summed E-state index contributed by atoms with van der Waals surface area (Å²) in [7, 11) is 0. The van der Waals surface area contributed by atoms with Gasteiger partial charge in [-0.25, -0.2) is 9.18 Å². The second-order valence-corrected chi connectivity index (χ2v) is 8.09. The number of hydrogen-bond acceptors (Lipinski definition) is 4. The van der Waals surface area contributed by atoms with E-state index < -0.39 is 23.4 Å². The highest BCUT2D eigenvalue weighted by Gasteiger charge is 2.19. The van der Waals surface area contributed by atoms with Crippen LogP contribution < -0.4 is 10.6 Å². The average Bonchev–Trinajstić information content (AvgIpc) is 2.61. The fourth-order valence-electron chi connectivity index (χ4n) is 2.94. The minimum absolute atomic E-state index is 0.120. The van der Waals surface area contributed by atoms with Gasteiger partial charge in [0.2, 0.25) is 0 Å². The van der Waals surface area contributed by atoms with E-state index >= 15 is 0 Å². The monoisotopic (exact) mass is 409 g/mol. The largest absolute Gasteiger partial charge is 0.444 e. The smallest absolute Gasteiger partial charge is 0.412 e. The fraction of sp³-hybridized carbons (Fsp3) is 0.261. The van der Waals surface area contributed by atoms with Crippen LogP contribution in [0, 0.1) is 19.7 Å². The van der Waals surface area contributed by atoms with E-state index in [4.69, 9.17) is 4.74 Å². The Balaban J connectivity index is 1.89. The van der Waals surface area contributed by atoms with Gasteiger partial charge in [0.15, 0.2) is 0 Å². The molecule has 0 bridgehead atoms. The third-order valence-corrected chi connectivity index (χ3v) is 4.27. The zero-order valence-electron chi connectivity index (χ0n) is 17.6. The Hall–Kier alpha value is -3.48. The number of pyridine rings is 1. The highest BCUT2D eigenvalue weighted by molar-refractivity contribution is 6.08. The second-order valence-electron chi connectivity index (χ2n) is 8.09. The summed E-state index contributed by atoms with van der Waals surface area (Å²) in [4.78, 5) is 29.5. The minimum atomic E-state index is -0.705. The van der Waals surface area contributed by atoms with Gasteiger partial charge in [0.25, 0.3) is 5.91 Å². The normalized spacial score (nSPS) is 11.3. The molecule has 0 unspecified atom stereocenters. The number of nitrogens with one attached hydrogen (secondary N) is 2. The van der Waals surface area contributed by atoms with Crippen molar-refractivity contribution in [2.45, 2.75) is 40.2 Å². The van der Waals surface area contributed by atoms with Crippen molar-refractivity contribution in [1.29, 1.82) is 0 Å². The molecule has 3 rings (SSSR count). The van der Waals surface area contributed by atoms with Gasteiger partial charge in [-0.15, -0.1) is 0 Å². The van der Waals surface area contributed by atoms with E-state index in [-0.39, 0.29) is 11.4 Å². The van der Waals surface area contributed by atoms with Crippen molar-refractivity contribution >= 4 is 34.3 Å². The Kier molecular flexibility index (Phi) is 5.73. The number of fused-ring (bicyclic) bond motifs is 1. The molecule has 0 atom stereocenters. The average molecular weight is 409 g/mol. The van der Waals surface area contributed by atoms with Crippen molar-refractivity contribution in [3.8, 4) is 0 Å². The Morgan fingerprint density at radius 1 is 0.967 bits per heavy atom. The fourth-order valence-corrected chi connectivity index (χ4v) is 2.94. The first kappa shape index (κ1) is 21.2. The number of rotatable bonds is 3. The lowest BCUT2D eigenvalue weighted by Gasteiger charge is -2.20. The second kappa shape index (κ2) is 8.10. The molecule has 2 N–H and O–H groups in total. The lowest BCUT2D eigenvalue weighted by molar-refractivity contribution is 0.0635. The van der Waals surface area contributed by atoms with E-state index in [2.05, 4.69) is 15.6 Å². The first-order valence-corrected chi connectivity index (χ1v) is 9.51. The molecular weight excluding hydrogens is 385 g/mol. The molecule has 0 spiro atoms. The number of amides is 2. The van der Waals surface area contributed by atoms with Crippen LogP contribution in [0.1, 0.15) is 42.4 Å². The minimum Gasteiger partial charge on any atom is -0.444 e. The molecule has 2 amide bonds. The van der Waals surface area contributed by atoms with E-state index in [9.17, 15) is 14.0 Å². The number of aryl methyl sites for hydroxylation is 2. The molecule has 0 radical (unpaired) electrons. The third-order valence-electron chi connectivity index (χ3n) is 4.27. The predicted molar refractivity (Wildman–Crippen MR) is 115 cm³/mol. The number of nitrogens with zero attached hydrogens (tertiary/aromatic N) is 1. The maximum Gasteiger partial charge on any atom is 0.412 e. The maximum absolute atomic E-state index is 13.8. The van der Waals surface area contributed by atoms with Crippen molar-refractivity contribution in [3.05, 3.63) is 65.1 Å². The summed E-state index contributed by atoms with van der Waals surface area (Å²) in [5.74, 6) is -1.01. The van der Waals surface area contributed by atoms with Crippen molar-refractivity contribution < 1.29 is 18.7 Å². The summed E-state index contributed by atoms with van der Waals surface area (Å²) < 4.78 is 19.1. The number of aromatic nitrogens is 1. The number of carbonyl (C=O) groups excluding carboxylic acids is 2. The third kappa shape index (κ3) is 5.11. The number of halogens is 1. The van der Waals surface area contributed by atoms with E-state index in [0.717, 1.165) is 22.5 Å². The van der Waals surface area contributed by atoms with E-state index in [1.807, 2.05) is 25.1 Å². The molecule has 1 aromatic heterocycles. The maximum atomic E-state index is 13.8. The molecule has 7 heteroatoms. The number of anilines is 2. The van der Waals surface area contributed by atoms with E-state index in [0.29, 0.717) is 11.3 Å². The number of hydrogen-bond donors (Lipinski definition) is 2. The summed E-state index contributed by atoms with van der Waals surface area (Å²) in [6.45, 7) is 8.91. The van der Waals surface area contributed by atoms with Crippen molar-refractivity contribution in [2.24, 2.45) is 0 Å². The number of ether oxygens (including phenoxy) is 1. The lowest BCUT2D eigenvalue weighted by Crippen LogP contribution is -2.27. The van der Waals surface area contributed by atoms with Crippen LogP contribution in [-0.4, -0.2) is 22.6 Å². The summed E-state index contributed by atoms with van der Waals surface area (Å²) >= 11 is 0. The van der Waals surface area contributed by atoms with Gasteiger partial charge in [-0.2, -0.15) is 0 Å². The van der Waals surface area contributed by atoms with Crippen molar-refractivity contribution in [1.82, 2.24) is 4.98 Å². The number of carbonyl (C=O) groups is 2. The highest BCUT2D eigenvalue weighted by atomic mass is 19.1. The van der Waals surface area contributed by atoms with E-state index in [1.165, 1.54) is 12.1 Å².